The van der Waals surface area contributed by atoms with Crippen molar-refractivity contribution in [1.29, 1.82) is 0 Å². The third-order valence-corrected chi connectivity index (χ3v) is 5.12. The molecule has 1 fully saturated rings. The lowest BCUT2D eigenvalue weighted by Gasteiger charge is -2.27. The molecule has 1 saturated heterocycles. The molecule has 1 aromatic carbocycles. The van der Waals surface area contributed by atoms with E-state index in [4.69, 9.17) is 0 Å². The number of carbonyl (C=O) groups is 4. The molecule has 0 bridgehead atoms. The van der Waals surface area contributed by atoms with Crippen LogP contribution in [0.3, 0.4) is 0 Å². The lowest BCUT2D eigenvalue weighted by atomic mass is 9.90. The number of fused-ring (bicyclic) bond motifs is 1. The molecule has 1 N–H and O–H groups in total. The van der Waals surface area contributed by atoms with Crippen LogP contribution in [-0.4, -0.2) is 57.7 Å². The van der Waals surface area contributed by atoms with Crippen molar-refractivity contribution >= 4 is 23.7 Å². The predicted octanol–water partition coefficient (Wildman–Crippen LogP) is 1.30. The van der Waals surface area contributed by atoms with Crippen LogP contribution in [0.15, 0.2) is 18.2 Å². The maximum absolute atomic E-state index is 12.7. The first-order chi connectivity index (χ1) is 11.7. The van der Waals surface area contributed by atoms with Crippen LogP contribution in [0.25, 0.3) is 0 Å². The van der Waals surface area contributed by atoms with Gasteiger partial charge in [0, 0.05) is 13.1 Å². The molecule has 25 heavy (non-hydrogen) atoms. The Labute approximate surface area is 145 Å². The molecule has 7 heteroatoms. The molecule has 132 valence electrons. The van der Waals surface area contributed by atoms with Crippen molar-refractivity contribution in [1.82, 2.24) is 9.80 Å². The first-order valence-corrected chi connectivity index (χ1v) is 8.16. The summed E-state index contributed by atoms with van der Waals surface area (Å²) in [4.78, 5) is 51.6. The van der Waals surface area contributed by atoms with Crippen molar-refractivity contribution in [2.75, 3.05) is 13.1 Å². The van der Waals surface area contributed by atoms with Gasteiger partial charge in [-0.15, -0.1) is 0 Å². The van der Waals surface area contributed by atoms with Gasteiger partial charge in [-0.05, 0) is 39.3 Å². The summed E-state index contributed by atoms with van der Waals surface area (Å²) >= 11 is 0. The van der Waals surface area contributed by atoms with E-state index in [0.717, 1.165) is 10.5 Å². The fraction of sp³-hybridized carbons (Fsp3) is 0.444. The van der Waals surface area contributed by atoms with Gasteiger partial charge >= 0.3 is 5.97 Å². The van der Waals surface area contributed by atoms with Crippen LogP contribution in [0, 0.1) is 12.3 Å². The Morgan fingerprint density at radius 3 is 2.44 bits per heavy atom. The maximum atomic E-state index is 12.7. The van der Waals surface area contributed by atoms with Crippen LogP contribution in [0.5, 0.6) is 0 Å². The molecule has 2 atom stereocenters. The Hall–Kier alpha value is -2.70. The van der Waals surface area contributed by atoms with E-state index in [0.29, 0.717) is 24.1 Å². The highest BCUT2D eigenvalue weighted by atomic mass is 16.4. The van der Waals surface area contributed by atoms with Crippen LogP contribution in [0.2, 0.25) is 0 Å². The lowest BCUT2D eigenvalue weighted by Crippen LogP contribution is -2.49. The Balaban J connectivity index is 1.81. The second-order valence-electron chi connectivity index (χ2n) is 7.08. The van der Waals surface area contributed by atoms with Crippen molar-refractivity contribution in [2.24, 2.45) is 5.41 Å². The van der Waals surface area contributed by atoms with Gasteiger partial charge in [-0.25, -0.2) is 0 Å². The Morgan fingerprint density at radius 2 is 1.84 bits per heavy atom. The number of aryl methyl sites for hydroxylation is 1. The summed E-state index contributed by atoms with van der Waals surface area (Å²) in [6.45, 7) is 5.31. The Kier molecular flexibility index (Phi) is 3.89. The molecular formula is C18H20N2O5. The average molecular weight is 344 g/mol. The minimum absolute atomic E-state index is 0.0772. The number of likely N-dealkylation sites (tertiary alicyclic amines) is 1. The van der Waals surface area contributed by atoms with Crippen LogP contribution >= 0.6 is 0 Å². The molecular weight excluding hydrogens is 324 g/mol. The molecule has 0 aliphatic carbocycles. The number of benzene rings is 1. The van der Waals surface area contributed by atoms with Crippen molar-refractivity contribution in [3.8, 4) is 0 Å². The molecule has 3 amide bonds. The largest absolute Gasteiger partial charge is 0.481 e. The highest BCUT2D eigenvalue weighted by molar-refractivity contribution is 6.22. The Morgan fingerprint density at radius 1 is 1.20 bits per heavy atom. The van der Waals surface area contributed by atoms with Gasteiger partial charge < -0.3 is 10.0 Å². The summed E-state index contributed by atoms with van der Waals surface area (Å²) in [7, 11) is 0. The summed E-state index contributed by atoms with van der Waals surface area (Å²) < 4.78 is 0. The monoisotopic (exact) mass is 344 g/mol. The molecule has 2 aliphatic rings. The summed E-state index contributed by atoms with van der Waals surface area (Å²) in [5, 5.41) is 9.29. The van der Waals surface area contributed by atoms with Crippen LogP contribution in [-0.2, 0) is 9.59 Å². The number of carboxylic acids is 1. The number of hydrogen-bond acceptors (Lipinski definition) is 4. The summed E-state index contributed by atoms with van der Waals surface area (Å²) in [5.41, 5.74) is 0.472. The lowest BCUT2D eigenvalue weighted by molar-refractivity contribution is -0.147. The fourth-order valence-electron chi connectivity index (χ4n) is 3.42. The average Bonchev–Trinajstić information content (AvgIpc) is 3.07. The van der Waals surface area contributed by atoms with E-state index < -0.39 is 35.1 Å². The maximum Gasteiger partial charge on any atom is 0.311 e. The zero-order valence-electron chi connectivity index (χ0n) is 14.4. The summed E-state index contributed by atoms with van der Waals surface area (Å²) in [5.74, 6) is -2.33. The van der Waals surface area contributed by atoms with Crippen LogP contribution in [0.4, 0.5) is 0 Å². The van der Waals surface area contributed by atoms with Gasteiger partial charge in [0.25, 0.3) is 11.8 Å². The van der Waals surface area contributed by atoms with Gasteiger partial charge in [-0.1, -0.05) is 11.6 Å². The topological polar surface area (TPSA) is 95.0 Å². The second kappa shape index (κ2) is 5.68. The predicted molar refractivity (Wildman–Crippen MR) is 88.1 cm³/mol. The molecule has 0 aromatic heterocycles. The quantitative estimate of drug-likeness (QED) is 0.834. The van der Waals surface area contributed by atoms with Gasteiger partial charge in [-0.2, -0.15) is 0 Å². The van der Waals surface area contributed by atoms with Crippen LogP contribution in [0.1, 0.15) is 46.5 Å². The zero-order valence-corrected chi connectivity index (χ0v) is 14.4. The highest BCUT2D eigenvalue weighted by Gasteiger charge is 2.46. The number of imide groups is 1. The smallest absolute Gasteiger partial charge is 0.311 e. The van der Waals surface area contributed by atoms with E-state index >= 15 is 0 Å². The van der Waals surface area contributed by atoms with E-state index in [-0.39, 0.29) is 6.54 Å². The molecule has 0 saturated carbocycles. The van der Waals surface area contributed by atoms with Gasteiger partial charge in [-0.3, -0.25) is 24.1 Å². The number of rotatable bonds is 3. The standard InChI is InChI=1S/C18H20N2O5/c1-10-4-5-12-13(8-10)16(23)20(15(12)22)11(2)14(21)19-7-6-18(3,9-19)17(24)25/h4-5,8,11H,6-7,9H2,1-3H3,(H,24,25). The molecule has 0 radical (unpaired) electrons. The van der Waals surface area contributed by atoms with E-state index in [1.807, 2.05) is 6.92 Å². The van der Waals surface area contributed by atoms with Gasteiger partial charge in [0.05, 0.1) is 16.5 Å². The number of nitrogens with zero attached hydrogens (tertiary/aromatic N) is 2. The molecule has 7 nitrogen and oxygen atoms in total. The van der Waals surface area contributed by atoms with E-state index in [9.17, 15) is 24.3 Å². The highest BCUT2D eigenvalue weighted by Crippen LogP contribution is 2.32. The molecule has 1 aromatic rings. The number of amides is 3. The minimum Gasteiger partial charge on any atom is -0.481 e. The summed E-state index contributed by atoms with van der Waals surface area (Å²) in [6, 6.07) is 4.02. The van der Waals surface area contributed by atoms with Crippen molar-refractivity contribution < 1.29 is 24.3 Å². The fourth-order valence-corrected chi connectivity index (χ4v) is 3.42. The summed E-state index contributed by atoms with van der Waals surface area (Å²) in [6.07, 6.45) is 0.349. The van der Waals surface area contributed by atoms with Gasteiger partial charge in [0.2, 0.25) is 5.91 Å². The zero-order chi connectivity index (χ0) is 18.5. The molecule has 0 spiro atoms. The van der Waals surface area contributed by atoms with Gasteiger partial charge in [0.1, 0.15) is 6.04 Å². The first kappa shape index (κ1) is 17.1. The van der Waals surface area contributed by atoms with Crippen molar-refractivity contribution in [2.45, 2.75) is 33.2 Å². The number of hydrogen-bond donors (Lipinski definition) is 1. The third-order valence-electron chi connectivity index (χ3n) is 5.12. The number of carbonyl (C=O) groups excluding carboxylic acids is 3. The SMILES string of the molecule is Cc1ccc2c(c1)C(=O)N(C(C)C(=O)N1CCC(C)(C(=O)O)C1)C2=O. The van der Waals surface area contributed by atoms with Crippen molar-refractivity contribution in [3.05, 3.63) is 34.9 Å². The Bertz CT molecular complexity index is 803. The minimum atomic E-state index is -0.992. The van der Waals surface area contributed by atoms with Gasteiger partial charge in [0.15, 0.2) is 0 Å². The first-order valence-electron chi connectivity index (χ1n) is 8.16. The molecule has 2 heterocycles. The second-order valence-corrected chi connectivity index (χ2v) is 7.08. The van der Waals surface area contributed by atoms with E-state index in [1.54, 1.807) is 25.1 Å². The number of aliphatic carboxylic acids is 1. The molecule has 2 aliphatic heterocycles. The molecule has 2 unspecified atom stereocenters. The van der Waals surface area contributed by atoms with Crippen LogP contribution < -0.4 is 0 Å². The van der Waals surface area contributed by atoms with E-state index in [2.05, 4.69) is 0 Å². The van der Waals surface area contributed by atoms with E-state index in [1.165, 1.54) is 11.8 Å². The number of carboxylic acid groups (broad SMARTS) is 1. The molecule has 3 rings (SSSR count). The third kappa shape index (κ3) is 2.59. The van der Waals surface area contributed by atoms with Crippen molar-refractivity contribution in [3.63, 3.8) is 0 Å². The normalized spacial score (nSPS) is 23.8.